The third-order valence-electron chi connectivity index (χ3n) is 8.02. The summed E-state index contributed by atoms with van der Waals surface area (Å²) in [6.07, 6.45) is 2.19. The topological polar surface area (TPSA) is 38.8 Å². The highest BCUT2D eigenvalue weighted by Gasteiger charge is 2.47. The van der Waals surface area contributed by atoms with E-state index in [1.54, 1.807) is 30.3 Å². The fourth-order valence-corrected chi connectivity index (χ4v) is 5.84. The monoisotopic (exact) mass is 521 g/mol. The lowest BCUT2D eigenvalue weighted by molar-refractivity contribution is -0.945. The van der Waals surface area contributed by atoms with Crippen molar-refractivity contribution in [2.45, 2.75) is 38.8 Å². The van der Waals surface area contributed by atoms with Gasteiger partial charge in [0.05, 0.1) is 38.5 Å². The molecular formula is C31H35F2N2O3+. The Kier molecular flexibility index (Phi) is 7.93. The predicted octanol–water partition coefficient (Wildman–Crippen LogP) is 6.36. The smallest absolute Gasteiger partial charge is 0.415 e. The molecule has 3 aromatic rings. The number of amides is 1. The summed E-state index contributed by atoms with van der Waals surface area (Å²) in [4.78, 5) is 14.8. The predicted molar refractivity (Wildman–Crippen MR) is 143 cm³/mol. The van der Waals surface area contributed by atoms with Crippen molar-refractivity contribution in [1.29, 1.82) is 0 Å². The highest BCUT2D eigenvalue weighted by atomic mass is 19.1. The van der Waals surface area contributed by atoms with Crippen LogP contribution in [0, 0.1) is 17.6 Å². The molecule has 200 valence electrons. The van der Waals surface area contributed by atoms with Crippen LogP contribution in [0.25, 0.3) is 0 Å². The van der Waals surface area contributed by atoms with Crippen molar-refractivity contribution in [3.8, 4) is 5.75 Å². The molecule has 1 unspecified atom stereocenters. The fourth-order valence-electron chi connectivity index (χ4n) is 5.84. The van der Waals surface area contributed by atoms with Gasteiger partial charge in [0.1, 0.15) is 23.9 Å². The van der Waals surface area contributed by atoms with Crippen LogP contribution in [0.2, 0.25) is 0 Å². The number of carbonyl (C=O) groups excluding carboxylic acids is 1. The van der Waals surface area contributed by atoms with Gasteiger partial charge in [-0.2, -0.15) is 0 Å². The van der Waals surface area contributed by atoms with Crippen molar-refractivity contribution < 1.29 is 27.5 Å². The maximum absolute atomic E-state index is 14.8. The molecule has 3 fully saturated rings. The van der Waals surface area contributed by atoms with Gasteiger partial charge in [-0.05, 0) is 54.4 Å². The Bertz CT molecular complexity index is 1220. The molecule has 3 heterocycles. The SMILES string of the molecule is CCOc1ccc(CC[N+]23CCC(CC2)C(OC(=O)N(Cc2ccc(F)cc2)c2ccccc2F)C3)cc1. The minimum Gasteiger partial charge on any atom is -0.494 e. The number of halogens is 2. The molecule has 0 saturated carbocycles. The molecule has 3 aliphatic rings. The molecule has 0 spiro atoms. The molecule has 3 aromatic carbocycles. The Hall–Kier alpha value is -3.45. The lowest BCUT2D eigenvalue weighted by atomic mass is 9.83. The summed E-state index contributed by atoms with van der Waals surface area (Å²) in [7, 11) is 0. The van der Waals surface area contributed by atoms with Gasteiger partial charge < -0.3 is 14.0 Å². The van der Waals surface area contributed by atoms with Crippen LogP contribution in [0.5, 0.6) is 5.75 Å². The second-order valence-electron chi connectivity index (χ2n) is 10.4. The number of piperidine rings is 3. The summed E-state index contributed by atoms with van der Waals surface area (Å²) in [5.41, 5.74) is 2.12. The standard InChI is InChI=1S/C31H35F2N2O3/c1-2-37-27-13-9-23(10-14-27)15-18-35-19-16-25(17-20-35)30(22-35)38-31(36)34(29-6-4-3-5-28(29)33)21-24-7-11-26(32)12-8-24/h3-14,25,30H,2,15-22H2,1H3/q+1. The van der Waals surface area contributed by atoms with Gasteiger partial charge in [0, 0.05) is 25.2 Å². The molecule has 0 radical (unpaired) electrons. The van der Waals surface area contributed by atoms with Gasteiger partial charge in [0.25, 0.3) is 0 Å². The van der Waals surface area contributed by atoms with Crippen molar-refractivity contribution in [2.75, 3.05) is 37.7 Å². The van der Waals surface area contributed by atoms with Gasteiger partial charge in [-0.1, -0.05) is 36.4 Å². The maximum Gasteiger partial charge on any atom is 0.415 e. The van der Waals surface area contributed by atoms with E-state index in [9.17, 15) is 13.6 Å². The summed E-state index contributed by atoms with van der Waals surface area (Å²) < 4.78 is 40.8. The van der Waals surface area contributed by atoms with Crippen LogP contribution in [0.1, 0.15) is 30.9 Å². The summed E-state index contributed by atoms with van der Waals surface area (Å²) in [5, 5.41) is 0. The Morgan fingerprint density at radius 3 is 2.32 bits per heavy atom. The molecular weight excluding hydrogens is 486 g/mol. The minimum atomic E-state index is -0.567. The molecule has 1 amide bonds. The lowest BCUT2D eigenvalue weighted by Crippen LogP contribution is -2.65. The summed E-state index contributed by atoms with van der Waals surface area (Å²) in [5.74, 6) is 0.339. The van der Waals surface area contributed by atoms with E-state index in [0.29, 0.717) is 18.1 Å². The van der Waals surface area contributed by atoms with Crippen LogP contribution in [0.15, 0.2) is 72.8 Å². The molecule has 3 aliphatic heterocycles. The number of rotatable bonds is 9. The molecule has 0 N–H and O–H groups in total. The van der Waals surface area contributed by atoms with Crippen LogP contribution in [0.4, 0.5) is 19.3 Å². The zero-order chi connectivity index (χ0) is 26.5. The van der Waals surface area contributed by atoms with Crippen LogP contribution in [-0.4, -0.2) is 49.5 Å². The normalized spacial score (nSPS) is 22.2. The molecule has 0 aromatic heterocycles. The summed E-state index contributed by atoms with van der Waals surface area (Å²) >= 11 is 0. The van der Waals surface area contributed by atoms with Crippen LogP contribution in [0.3, 0.4) is 0 Å². The van der Waals surface area contributed by atoms with Crippen LogP contribution >= 0.6 is 0 Å². The van der Waals surface area contributed by atoms with E-state index in [2.05, 4.69) is 12.1 Å². The third-order valence-corrected chi connectivity index (χ3v) is 8.02. The van der Waals surface area contributed by atoms with E-state index in [0.717, 1.165) is 55.7 Å². The fraction of sp³-hybridized carbons (Fsp3) is 0.387. The number of para-hydroxylation sites is 1. The number of hydrogen-bond donors (Lipinski definition) is 0. The first-order valence-electron chi connectivity index (χ1n) is 13.5. The van der Waals surface area contributed by atoms with Gasteiger partial charge in [-0.25, -0.2) is 13.6 Å². The molecule has 5 nitrogen and oxygen atoms in total. The number of nitrogens with zero attached hydrogens (tertiary/aromatic N) is 2. The molecule has 0 aliphatic carbocycles. The van der Waals surface area contributed by atoms with E-state index >= 15 is 0 Å². The first-order chi connectivity index (χ1) is 18.4. The Balaban J connectivity index is 1.28. The number of fused-ring (bicyclic) bond motifs is 3. The van der Waals surface area contributed by atoms with Gasteiger partial charge in [-0.15, -0.1) is 0 Å². The number of anilines is 1. The van der Waals surface area contributed by atoms with Crippen LogP contribution < -0.4 is 9.64 Å². The zero-order valence-corrected chi connectivity index (χ0v) is 21.8. The quantitative estimate of drug-likeness (QED) is 0.308. The molecule has 6 rings (SSSR count). The second-order valence-corrected chi connectivity index (χ2v) is 10.4. The van der Waals surface area contributed by atoms with Gasteiger partial charge >= 0.3 is 6.09 Å². The molecule has 7 heteroatoms. The maximum atomic E-state index is 14.8. The van der Waals surface area contributed by atoms with Crippen molar-refractivity contribution >= 4 is 11.8 Å². The number of benzene rings is 3. The number of ether oxygens (including phenoxy) is 2. The first-order valence-corrected chi connectivity index (χ1v) is 13.5. The molecule has 1 atom stereocenters. The summed E-state index contributed by atoms with van der Waals surface area (Å²) in [6.45, 7) is 6.65. The van der Waals surface area contributed by atoms with E-state index in [1.807, 2.05) is 19.1 Å². The van der Waals surface area contributed by atoms with Crippen LogP contribution in [-0.2, 0) is 17.7 Å². The van der Waals surface area contributed by atoms with Gasteiger partial charge in [-0.3, -0.25) is 4.90 Å². The Morgan fingerprint density at radius 1 is 0.947 bits per heavy atom. The van der Waals surface area contributed by atoms with E-state index in [-0.39, 0.29) is 24.2 Å². The Labute approximate surface area is 223 Å². The van der Waals surface area contributed by atoms with Gasteiger partial charge in [0.2, 0.25) is 0 Å². The van der Waals surface area contributed by atoms with Crippen molar-refractivity contribution in [3.63, 3.8) is 0 Å². The second kappa shape index (κ2) is 11.5. The summed E-state index contributed by atoms with van der Waals surface area (Å²) in [6, 6.07) is 20.4. The highest BCUT2D eigenvalue weighted by molar-refractivity contribution is 5.87. The zero-order valence-electron chi connectivity index (χ0n) is 21.8. The third kappa shape index (κ3) is 5.99. The van der Waals surface area contributed by atoms with Crippen molar-refractivity contribution in [1.82, 2.24) is 0 Å². The van der Waals surface area contributed by atoms with E-state index < -0.39 is 11.9 Å². The molecule has 2 bridgehead atoms. The minimum absolute atomic E-state index is 0.0924. The largest absolute Gasteiger partial charge is 0.494 e. The lowest BCUT2D eigenvalue weighted by Gasteiger charge is -2.52. The highest BCUT2D eigenvalue weighted by Crippen LogP contribution is 2.36. The van der Waals surface area contributed by atoms with Gasteiger partial charge in [0.15, 0.2) is 6.10 Å². The van der Waals surface area contributed by atoms with E-state index in [4.69, 9.17) is 9.47 Å². The average molecular weight is 522 g/mol. The van der Waals surface area contributed by atoms with Crippen molar-refractivity contribution in [2.24, 2.45) is 5.92 Å². The Morgan fingerprint density at radius 2 is 1.63 bits per heavy atom. The average Bonchev–Trinajstić information content (AvgIpc) is 2.94. The molecule has 38 heavy (non-hydrogen) atoms. The number of hydrogen-bond acceptors (Lipinski definition) is 3. The number of quaternary nitrogens is 1. The van der Waals surface area contributed by atoms with E-state index in [1.165, 1.54) is 28.7 Å². The first kappa shape index (κ1) is 26.2. The molecule has 3 saturated heterocycles. The van der Waals surface area contributed by atoms with Crippen molar-refractivity contribution in [3.05, 3.63) is 95.6 Å². The number of carbonyl (C=O) groups is 1.